The molecule has 0 heterocycles. The monoisotopic (exact) mass is 273 g/mol. The van der Waals surface area contributed by atoms with Crippen LogP contribution in [0.1, 0.15) is 33.1 Å². The summed E-state index contributed by atoms with van der Waals surface area (Å²) in [6.07, 6.45) is 0.598. The zero-order chi connectivity index (χ0) is 15.0. The van der Waals surface area contributed by atoms with Gasteiger partial charge >= 0.3 is 11.9 Å². The Morgan fingerprint density at radius 1 is 1.21 bits per heavy atom. The second-order valence-corrected chi connectivity index (χ2v) is 4.82. The van der Waals surface area contributed by atoms with Crippen molar-refractivity contribution in [1.29, 1.82) is 0 Å². The van der Waals surface area contributed by atoms with E-state index >= 15 is 0 Å². The van der Waals surface area contributed by atoms with Crippen LogP contribution in [0, 0.1) is 5.92 Å². The molecule has 0 radical (unpaired) electrons. The summed E-state index contributed by atoms with van der Waals surface area (Å²) in [5, 5.41) is 2.79. The number of nitrogens with one attached hydrogen (secondary N) is 1. The lowest BCUT2D eigenvalue weighted by Gasteiger charge is -2.17. The molecule has 19 heavy (non-hydrogen) atoms. The molecular weight excluding hydrogens is 250 g/mol. The summed E-state index contributed by atoms with van der Waals surface area (Å²) >= 11 is 0. The number of hydrogen-bond acceptors (Lipinski definition) is 6. The van der Waals surface area contributed by atoms with Crippen molar-refractivity contribution < 1.29 is 19.1 Å². The normalized spacial score (nSPS) is 13.9. The molecule has 5 N–H and O–H groups in total. The van der Waals surface area contributed by atoms with Crippen LogP contribution in [-0.2, 0) is 19.1 Å². The van der Waals surface area contributed by atoms with Gasteiger partial charge in [0.15, 0.2) is 0 Å². The van der Waals surface area contributed by atoms with Gasteiger partial charge < -0.3 is 21.5 Å². The molecule has 7 heteroatoms. The number of carbonyl (C=O) groups excluding carboxylic acids is 3. The molecule has 0 fully saturated rings. The molecule has 0 saturated carbocycles. The van der Waals surface area contributed by atoms with E-state index < -0.39 is 29.9 Å². The molecule has 0 aromatic carbocycles. The topological polar surface area (TPSA) is 125 Å². The molecular formula is C12H23N3O4. The predicted molar refractivity (Wildman–Crippen MR) is 69.8 cm³/mol. The maximum absolute atomic E-state index is 11.7. The molecule has 0 aliphatic rings. The molecule has 0 unspecified atom stereocenters. The van der Waals surface area contributed by atoms with Crippen molar-refractivity contribution in [2.75, 3.05) is 7.05 Å². The summed E-state index contributed by atoms with van der Waals surface area (Å²) in [7, 11) is 1.62. The summed E-state index contributed by atoms with van der Waals surface area (Å²) in [6.45, 7) is 3.91. The van der Waals surface area contributed by atoms with Crippen molar-refractivity contribution in [3.8, 4) is 0 Å². The molecule has 0 aliphatic heterocycles. The molecule has 0 bridgehead atoms. The minimum absolute atomic E-state index is 0.0219. The van der Waals surface area contributed by atoms with Gasteiger partial charge in [0.1, 0.15) is 12.1 Å². The fourth-order valence-electron chi connectivity index (χ4n) is 1.46. The lowest BCUT2D eigenvalue weighted by molar-refractivity contribution is -0.162. The lowest BCUT2D eigenvalue weighted by atomic mass is 10.0. The van der Waals surface area contributed by atoms with E-state index in [1.165, 1.54) is 0 Å². The van der Waals surface area contributed by atoms with E-state index in [0.717, 1.165) is 0 Å². The summed E-state index contributed by atoms with van der Waals surface area (Å²) in [5.74, 6) is -1.77. The van der Waals surface area contributed by atoms with Crippen LogP contribution >= 0.6 is 0 Å². The lowest BCUT2D eigenvalue weighted by Crippen LogP contribution is -2.41. The van der Waals surface area contributed by atoms with Gasteiger partial charge in [-0.3, -0.25) is 4.79 Å². The second kappa shape index (κ2) is 8.60. The first-order valence-corrected chi connectivity index (χ1v) is 6.24. The first-order chi connectivity index (χ1) is 8.77. The minimum Gasteiger partial charge on any atom is -0.391 e. The Hall–Kier alpha value is -1.47. The molecule has 0 rings (SSSR count). The molecule has 0 aromatic rings. The molecule has 7 nitrogen and oxygen atoms in total. The number of hydrogen-bond donors (Lipinski definition) is 3. The summed E-state index contributed by atoms with van der Waals surface area (Å²) in [4.78, 5) is 33.8. The van der Waals surface area contributed by atoms with Crippen molar-refractivity contribution in [1.82, 2.24) is 5.32 Å². The van der Waals surface area contributed by atoms with E-state index in [-0.39, 0.29) is 18.8 Å². The van der Waals surface area contributed by atoms with E-state index in [1.807, 2.05) is 13.8 Å². The van der Waals surface area contributed by atoms with Gasteiger partial charge in [0.2, 0.25) is 5.91 Å². The largest absolute Gasteiger partial charge is 0.391 e. The van der Waals surface area contributed by atoms with Crippen molar-refractivity contribution in [2.24, 2.45) is 17.4 Å². The van der Waals surface area contributed by atoms with Crippen LogP contribution in [0.15, 0.2) is 0 Å². The molecule has 0 spiro atoms. The van der Waals surface area contributed by atoms with E-state index in [4.69, 9.17) is 11.5 Å². The quantitative estimate of drug-likeness (QED) is 0.396. The average molecular weight is 273 g/mol. The molecule has 1 amide bonds. The standard InChI is InChI=1S/C12H23N3O4/c1-7(2)6-9(15-3)12(18)19-11(17)8(13)4-5-10(14)16/h7-9,15H,4-6,13H2,1-3H3,(H2,14,16)/t8-,9-/m0/s1. The second-order valence-electron chi connectivity index (χ2n) is 4.82. The number of esters is 2. The maximum atomic E-state index is 11.7. The Morgan fingerprint density at radius 3 is 2.21 bits per heavy atom. The van der Waals surface area contributed by atoms with Crippen molar-refractivity contribution >= 4 is 17.8 Å². The van der Waals surface area contributed by atoms with E-state index in [0.29, 0.717) is 6.42 Å². The first kappa shape index (κ1) is 17.5. The third-order valence-electron chi connectivity index (χ3n) is 2.55. The number of nitrogens with two attached hydrogens (primary N) is 2. The van der Waals surface area contributed by atoms with Gasteiger partial charge in [0.25, 0.3) is 0 Å². The SMILES string of the molecule is CN[C@@H](CC(C)C)C(=O)OC(=O)[C@@H](N)CCC(N)=O. The molecule has 110 valence electrons. The van der Waals surface area contributed by atoms with Crippen LogP contribution in [0.3, 0.4) is 0 Å². The van der Waals surface area contributed by atoms with E-state index in [2.05, 4.69) is 10.1 Å². The number of likely N-dealkylation sites (N-methyl/N-ethyl adjacent to an activating group) is 1. The fraction of sp³-hybridized carbons (Fsp3) is 0.750. The zero-order valence-electron chi connectivity index (χ0n) is 11.6. The third kappa shape index (κ3) is 7.53. The number of primary amides is 1. The highest BCUT2D eigenvalue weighted by Crippen LogP contribution is 2.07. The zero-order valence-corrected chi connectivity index (χ0v) is 11.6. The Bertz CT molecular complexity index is 331. The number of rotatable bonds is 8. The summed E-state index contributed by atoms with van der Waals surface area (Å²) < 4.78 is 4.68. The van der Waals surface area contributed by atoms with Crippen LogP contribution in [0.5, 0.6) is 0 Å². The Morgan fingerprint density at radius 2 is 1.79 bits per heavy atom. The predicted octanol–water partition coefficient (Wildman–Crippen LogP) is -0.717. The Labute approximate surface area is 113 Å². The summed E-state index contributed by atoms with van der Waals surface area (Å²) in [6, 6.07) is -1.57. The molecule has 0 aromatic heterocycles. The fourth-order valence-corrected chi connectivity index (χ4v) is 1.46. The highest BCUT2D eigenvalue weighted by Gasteiger charge is 2.25. The van der Waals surface area contributed by atoms with Crippen LogP contribution in [0.25, 0.3) is 0 Å². The molecule has 0 aliphatic carbocycles. The Balaban J connectivity index is 4.29. The minimum atomic E-state index is -1.02. The van der Waals surface area contributed by atoms with Gasteiger partial charge in [0, 0.05) is 6.42 Å². The molecule has 2 atom stereocenters. The average Bonchev–Trinajstić information content (AvgIpc) is 2.32. The smallest absolute Gasteiger partial charge is 0.330 e. The molecule has 0 saturated heterocycles. The maximum Gasteiger partial charge on any atom is 0.330 e. The van der Waals surface area contributed by atoms with Gasteiger partial charge in [-0.05, 0) is 25.8 Å². The van der Waals surface area contributed by atoms with Crippen molar-refractivity contribution in [3.05, 3.63) is 0 Å². The van der Waals surface area contributed by atoms with Gasteiger partial charge in [-0.15, -0.1) is 0 Å². The highest BCUT2D eigenvalue weighted by atomic mass is 16.6. The Kier molecular flexibility index (Phi) is 7.94. The number of amides is 1. The van der Waals surface area contributed by atoms with Gasteiger partial charge in [0.05, 0.1) is 0 Å². The van der Waals surface area contributed by atoms with Gasteiger partial charge in [-0.25, -0.2) is 9.59 Å². The third-order valence-corrected chi connectivity index (χ3v) is 2.55. The van der Waals surface area contributed by atoms with Crippen molar-refractivity contribution in [3.63, 3.8) is 0 Å². The van der Waals surface area contributed by atoms with Gasteiger partial charge in [-0.2, -0.15) is 0 Å². The highest BCUT2D eigenvalue weighted by molar-refractivity contribution is 5.91. The van der Waals surface area contributed by atoms with E-state index in [1.54, 1.807) is 7.05 Å². The van der Waals surface area contributed by atoms with E-state index in [9.17, 15) is 14.4 Å². The van der Waals surface area contributed by atoms with Crippen LogP contribution in [0.4, 0.5) is 0 Å². The van der Waals surface area contributed by atoms with Crippen LogP contribution < -0.4 is 16.8 Å². The number of ether oxygens (including phenoxy) is 1. The van der Waals surface area contributed by atoms with Gasteiger partial charge in [-0.1, -0.05) is 13.8 Å². The van der Waals surface area contributed by atoms with Crippen LogP contribution in [0.2, 0.25) is 0 Å². The van der Waals surface area contributed by atoms with Crippen LogP contribution in [-0.4, -0.2) is 37.0 Å². The number of carbonyl (C=O) groups is 3. The van der Waals surface area contributed by atoms with Crippen molar-refractivity contribution in [2.45, 2.75) is 45.2 Å². The first-order valence-electron chi connectivity index (χ1n) is 6.24. The summed E-state index contributed by atoms with van der Waals surface area (Å²) in [5.41, 5.74) is 10.4.